The van der Waals surface area contributed by atoms with Gasteiger partial charge < -0.3 is 14.8 Å². The van der Waals surface area contributed by atoms with Crippen molar-refractivity contribution in [3.63, 3.8) is 0 Å². The molecule has 100 valence electrons. The van der Waals surface area contributed by atoms with Gasteiger partial charge in [0.1, 0.15) is 19.0 Å². The van der Waals surface area contributed by atoms with Gasteiger partial charge in [-0.3, -0.25) is 4.79 Å². The summed E-state index contributed by atoms with van der Waals surface area (Å²) in [5.41, 5.74) is 0. The second-order valence-electron chi connectivity index (χ2n) is 4.11. The average Bonchev–Trinajstić information content (AvgIpc) is 2.44. The van der Waals surface area contributed by atoms with Crippen molar-refractivity contribution in [1.82, 2.24) is 5.32 Å². The number of carbonyl (C=O) groups excluding carboxylic acids is 1. The molecule has 0 aliphatic carbocycles. The molecule has 0 aliphatic rings. The Morgan fingerprint density at radius 3 is 2.79 bits per heavy atom. The summed E-state index contributed by atoms with van der Waals surface area (Å²) in [5, 5.41) is 4.93. The monoisotopic (exact) mass is 259 g/mol. The average molecular weight is 259 g/mol. The standard InChI is InChI=1S/C15H17NO3/c1-18-11-15(17)16-9-10-19-14-8-4-6-12-5-2-3-7-13(12)14/h2-8H,9-11H2,1H3,(H,16,17). The van der Waals surface area contributed by atoms with Gasteiger partial charge >= 0.3 is 0 Å². The SMILES string of the molecule is COCC(=O)NCCOc1cccc2ccccc12. The Morgan fingerprint density at radius 1 is 1.16 bits per heavy atom. The van der Waals surface area contributed by atoms with E-state index < -0.39 is 0 Å². The molecule has 4 heteroatoms. The Balaban J connectivity index is 1.90. The molecule has 0 bridgehead atoms. The first-order chi connectivity index (χ1) is 9.31. The number of benzene rings is 2. The van der Waals surface area contributed by atoms with Crippen LogP contribution in [0.15, 0.2) is 42.5 Å². The molecular weight excluding hydrogens is 242 g/mol. The lowest BCUT2D eigenvalue weighted by Gasteiger charge is -2.10. The molecule has 1 N–H and O–H groups in total. The summed E-state index contributed by atoms with van der Waals surface area (Å²) in [5.74, 6) is 0.697. The number of rotatable bonds is 6. The van der Waals surface area contributed by atoms with Gasteiger partial charge in [-0.2, -0.15) is 0 Å². The highest BCUT2D eigenvalue weighted by Gasteiger charge is 2.02. The molecule has 2 rings (SSSR count). The van der Waals surface area contributed by atoms with E-state index in [0.717, 1.165) is 16.5 Å². The molecule has 0 atom stereocenters. The zero-order valence-corrected chi connectivity index (χ0v) is 10.9. The van der Waals surface area contributed by atoms with Crippen molar-refractivity contribution in [1.29, 1.82) is 0 Å². The predicted molar refractivity (Wildman–Crippen MR) is 74.3 cm³/mol. The molecule has 2 aromatic rings. The predicted octanol–water partition coefficient (Wildman–Crippen LogP) is 1.98. The quantitative estimate of drug-likeness (QED) is 0.807. The van der Waals surface area contributed by atoms with Crippen LogP contribution < -0.4 is 10.1 Å². The fourth-order valence-corrected chi connectivity index (χ4v) is 1.86. The van der Waals surface area contributed by atoms with Gasteiger partial charge in [-0.1, -0.05) is 36.4 Å². The minimum Gasteiger partial charge on any atom is -0.491 e. The van der Waals surface area contributed by atoms with Crippen LogP contribution in [0, 0.1) is 0 Å². The molecule has 19 heavy (non-hydrogen) atoms. The van der Waals surface area contributed by atoms with Crippen molar-refractivity contribution < 1.29 is 14.3 Å². The lowest BCUT2D eigenvalue weighted by molar-refractivity contribution is -0.124. The zero-order valence-electron chi connectivity index (χ0n) is 10.9. The van der Waals surface area contributed by atoms with Crippen LogP contribution in [-0.2, 0) is 9.53 Å². The van der Waals surface area contributed by atoms with Crippen LogP contribution in [0.3, 0.4) is 0 Å². The van der Waals surface area contributed by atoms with Crippen molar-refractivity contribution in [2.45, 2.75) is 0 Å². The summed E-state index contributed by atoms with van der Waals surface area (Å²) in [6.07, 6.45) is 0. The molecule has 2 aromatic carbocycles. The maximum Gasteiger partial charge on any atom is 0.246 e. The van der Waals surface area contributed by atoms with Gasteiger partial charge in [-0.15, -0.1) is 0 Å². The molecule has 0 aromatic heterocycles. The van der Waals surface area contributed by atoms with Gasteiger partial charge in [-0.25, -0.2) is 0 Å². The number of hydrogen-bond donors (Lipinski definition) is 1. The molecule has 0 saturated heterocycles. The maximum atomic E-state index is 11.2. The van der Waals surface area contributed by atoms with E-state index in [1.54, 1.807) is 0 Å². The Morgan fingerprint density at radius 2 is 1.95 bits per heavy atom. The first kappa shape index (κ1) is 13.4. The number of hydrogen-bond acceptors (Lipinski definition) is 3. The Bertz CT molecular complexity index is 549. The Kier molecular flexibility index (Phi) is 4.75. The van der Waals surface area contributed by atoms with Gasteiger partial charge in [-0.05, 0) is 11.5 Å². The van der Waals surface area contributed by atoms with Crippen molar-refractivity contribution in [2.75, 3.05) is 26.9 Å². The normalized spacial score (nSPS) is 10.4. The van der Waals surface area contributed by atoms with Crippen LogP contribution in [-0.4, -0.2) is 32.8 Å². The number of amides is 1. The summed E-state index contributed by atoms with van der Waals surface area (Å²) in [7, 11) is 1.49. The maximum absolute atomic E-state index is 11.2. The van der Waals surface area contributed by atoms with Crippen LogP contribution in [0.25, 0.3) is 10.8 Å². The molecule has 1 amide bonds. The van der Waals surface area contributed by atoms with Gasteiger partial charge in [0.25, 0.3) is 0 Å². The number of fused-ring (bicyclic) bond motifs is 1. The summed E-state index contributed by atoms with van der Waals surface area (Å²) < 4.78 is 10.4. The fourth-order valence-electron chi connectivity index (χ4n) is 1.86. The second-order valence-corrected chi connectivity index (χ2v) is 4.11. The molecule has 0 spiro atoms. The number of carbonyl (C=O) groups is 1. The van der Waals surface area contributed by atoms with E-state index in [0.29, 0.717) is 13.2 Å². The van der Waals surface area contributed by atoms with E-state index in [4.69, 9.17) is 9.47 Å². The molecular formula is C15H17NO3. The summed E-state index contributed by atoms with van der Waals surface area (Å²) in [6.45, 7) is 0.975. The number of nitrogens with one attached hydrogen (secondary N) is 1. The Labute approximate surface area is 112 Å². The second kappa shape index (κ2) is 6.75. The molecule has 0 fully saturated rings. The highest BCUT2D eigenvalue weighted by Crippen LogP contribution is 2.24. The highest BCUT2D eigenvalue weighted by molar-refractivity contribution is 5.88. The van der Waals surface area contributed by atoms with E-state index >= 15 is 0 Å². The third-order valence-electron chi connectivity index (χ3n) is 2.71. The van der Waals surface area contributed by atoms with Crippen LogP contribution >= 0.6 is 0 Å². The van der Waals surface area contributed by atoms with Crippen LogP contribution in [0.1, 0.15) is 0 Å². The molecule has 0 unspecified atom stereocenters. The third-order valence-corrected chi connectivity index (χ3v) is 2.71. The minimum absolute atomic E-state index is 0.0776. The van der Waals surface area contributed by atoms with Crippen molar-refractivity contribution in [2.24, 2.45) is 0 Å². The van der Waals surface area contributed by atoms with E-state index in [2.05, 4.69) is 5.32 Å². The molecule has 0 heterocycles. The summed E-state index contributed by atoms with van der Waals surface area (Å²) in [4.78, 5) is 11.2. The molecule has 0 saturated carbocycles. The lowest BCUT2D eigenvalue weighted by atomic mass is 10.1. The van der Waals surface area contributed by atoms with E-state index in [1.807, 2.05) is 42.5 Å². The van der Waals surface area contributed by atoms with Crippen LogP contribution in [0.2, 0.25) is 0 Å². The van der Waals surface area contributed by atoms with E-state index in [9.17, 15) is 4.79 Å². The number of ether oxygens (including phenoxy) is 2. The van der Waals surface area contributed by atoms with Crippen molar-refractivity contribution in [3.05, 3.63) is 42.5 Å². The van der Waals surface area contributed by atoms with Crippen LogP contribution in [0.4, 0.5) is 0 Å². The van der Waals surface area contributed by atoms with Gasteiger partial charge in [0.15, 0.2) is 0 Å². The largest absolute Gasteiger partial charge is 0.491 e. The Hall–Kier alpha value is -2.07. The first-order valence-corrected chi connectivity index (χ1v) is 6.17. The van der Waals surface area contributed by atoms with Crippen molar-refractivity contribution in [3.8, 4) is 5.75 Å². The highest BCUT2D eigenvalue weighted by atomic mass is 16.5. The van der Waals surface area contributed by atoms with E-state index in [1.165, 1.54) is 7.11 Å². The molecule has 0 radical (unpaired) electrons. The van der Waals surface area contributed by atoms with Gasteiger partial charge in [0.05, 0.1) is 6.54 Å². The first-order valence-electron chi connectivity index (χ1n) is 6.17. The van der Waals surface area contributed by atoms with Gasteiger partial charge in [0, 0.05) is 12.5 Å². The fraction of sp³-hybridized carbons (Fsp3) is 0.267. The van der Waals surface area contributed by atoms with Crippen molar-refractivity contribution >= 4 is 16.7 Å². The summed E-state index contributed by atoms with van der Waals surface area (Å²) in [6, 6.07) is 14.0. The molecule has 4 nitrogen and oxygen atoms in total. The zero-order chi connectivity index (χ0) is 13.5. The lowest BCUT2D eigenvalue weighted by Crippen LogP contribution is -2.30. The van der Waals surface area contributed by atoms with Crippen LogP contribution in [0.5, 0.6) is 5.75 Å². The topological polar surface area (TPSA) is 47.6 Å². The molecule has 0 aliphatic heterocycles. The smallest absolute Gasteiger partial charge is 0.246 e. The van der Waals surface area contributed by atoms with E-state index in [-0.39, 0.29) is 12.5 Å². The minimum atomic E-state index is -0.135. The number of methoxy groups -OCH3 is 1. The summed E-state index contributed by atoms with van der Waals surface area (Å²) >= 11 is 0. The third kappa shape index (κ3) is 3.69. The van der Waals surface area contributed by atoms with Gasteiger partial charge in [0.2, 0.25) is 5.91 Å².